The summed E-state index contributed by atoms with van der Waals surface area (Å²) in [6.07, 6.45) is 0. The number of benzene rings is 13. The number of nitrogens with zero attached hydrogens (tertiary/aromatic N) is 4. The minimum Gasteiger partial charge on any atom is -0.310 e. The molecule has 0 aliphatic heterocycles. The molecule has 0 radical (unpaired) electrons. The van der Waals surface area contributed by atoms with Gasteiger partial charge < -0.3 is 18.9 Å². The van der Waals surface area contributed by atoms with Crippen molar-refractivity contribution in [1.82, 2.24) is 9.13 Å². The first-order chi connectivity index (χ1) is 41.4. The van der Waals surface area contributed by atoms with Crippen molar-refractivity contribution in [2.24, 2.45) is 0 Å². The first-order valence-corrected chi connectivity index (χ1v) is 28.9. The topological polar surface area (TPSA) is 16.3 Å². The summed E-state index contributed by atoms with van der Waals surface area (Å²) < 4.78 is 4.91. The fourth-order valence-electron chi connectivity index (χ4n) is 12.4. The van der Waals surface area contributed by atoms with Gasteiger partial charge in [-0.2, -0.15) is 0 Å². The number of anilines is 6. The molecular formula is C80H58N4. The molecule has 4 heteroatoms. The molecule has 398 valence electrons. The van der Waals surface area contributed by atoms with Gasteiger partial charge in [-0.3, -0.25) is 0 Å². The van der Waals surface area contributed by atoms with Gasteiger partial charge in [-0.25, -0.2) is 0 Å². The van der Waals surface area contributed by atoms with Crippen molar-refractivity contribution in [1.29, 1.82) is 0 Å². The highest BCUT2D eigenvalue weighted by Crippen LogP contribution is 2.43. The van der Waals surface area contributed by atoms with Gasteiger partial charge in [0.15, 0.2) is 0 Å². The maximum absolute atomic E-state index is 2.45. The average molecular weight is 1080 g/mol. The zero-order valence-electron chi connectivity index (χ0n) is 46.8. The summed E-state index contributed by atoms with van der Waals surface area (Å²) in [5.74, 6) is 0. The molecule has 15 rings (SSSR count). The minimum atomic E-state index is 1.07. The van der Waals surface area contributed by atoms with Crippen LogP contribution < -0.4 is 9.80 Å². The van der Waals surface area contributed by atoms with E-state index in [0.29, 0.717) is 0 Å². The summed E-state index contributed by atoms with van der Waals surface area (Å²) in [6.45, 7) is 4.36. The summed E-state index contributed by atoms with van der Waals surface area (Å²) >= 11 is 0. The van der Waals surface area contributed by atoms with Gasteiger partial charge >= 0.3 is 0 Å². The Bertz CT molecular complexity index is 4570. The van der Waals surface area contributed by atoms with Crippen LogP contribution in [-0.4, -0.2) is 9.13 Å². The van der Waals surface area contributed by atoms with E-state index >= 15 is 0 Å². The van der Waals surface area contributed by atoms with Crippen LogP contribution in [0.25, 0.3) is 99.5 Å². The maximum atomic E-state index is 2.45. The monoisotopic (exact) mass is 1070 g/mol. The zero-order valence-corrected chi connectivity index (χ0v) is 46.8. The van der Waals surface area contributed by atoms with Crippen molar-refractivity contribution in [3.05, 3.63) is 327 Å². The van der Waals surface area contributed by atoms with Crippen LogP contribution in [0.15, 0.2) is 315 Å². The molecule has 84 heavy (non-hydrogen) atoms. The van der Waals surface area contributed by atoms with Crippen LogP contribution in [-0.2, 0) is 0 Å². The third-order valence-corrected chi connectivity index (χ3v) is 16.5. The lowest BCUT2D eigenvalue weighted by Crippen LogP contribution is -2.10. The van der Waals surface area contributed by atoms with Gasteiger partial charge in [-0.1, -0.05) is 193 Å². The molecule has 0 unspecified atom stereocenters. The van der Waals surface area contributed by atoms with Crippen molar-refractivity contribution in [2.45, 2.75) is 13.8 Å². The largest absolute Gasteiger partial charge is 0.310 e. The summed E-state index contributed by atoms with van der Waals surface area (Å²) in [6, 6.07) is 115. The normalized spacial score (nSPS) is 11.5. The van der Waals surface area contributed by atoms with E-state index in [1.54, 1.807) is 0 Å². The van der Waals surface area contributed by atoms with Crippen molar-refractivity contribution < 1.29 is 0 Å². The number of aryl methyl sites for hydroxylation is 2. The molecule has 0 fully saturated rings. The first-order valence-electron chi connectivity index (χ1n) is 28.9. The molecule has 0 aliphatic carbocycles. The Morgan fingerprint density at radius 2 is 0.536 bits per heavy atom. The molecular weight excluding hydrogens is 1020 g/mol. The number of fused-ring (bicyclic) bond motifs is 4. The Hall–Kier alpha value is -10.9. The van der Waals surface area contributed by atoms with E-state index in [4.69, 9.17) is 0 Å². The van der Waals surface area contributed by atoms with Crippen molar-refractivity contribution in [2.75, 3.05) is 9.80 Å². The Morgan fingerprint density at radius 1 is 0.214 bits per heavy atom. The quantitative estimate of drug-likeness (QED) is 0.121. The predicted octanol–water partition coefficient (Wildman–Crippen LogP) is 22.1. The van der Waals surface area contributed by atoms with E-state index in [1.807, 2.05) is 0 Å². The maximum Gasteiger partial charge on any atom is 0.0542 e. The van der Waals surface area contributed by atoms with Gasteiger partial charge in [0.2, 0.25) is 0 Å². The van der Waals surface area contributed by atoms with Gasteiger partial charge in [-0.05, 0) is 202 Å². The Labute approximate surface area is 490 Å². The number of hydrogen-bond donors (Lipinski definition) is 0. The summed E-state index contributed by atoms with van der Waals surface area (Å²) in [4.78, 5) is 4.74. The predicted molar refractivity (Wildman–Crippen MR) is 356 cm³/mol. The van der Waals surface area contributed by atoms with Crippen LogP contribution in [0, 0.1) is 13.8 Å². The van der Waals surface area contributed by atoms with E-state index in [-0.39, 0.29) is 0 Å². The highest BCUT2D eigenvalue weighted by molar-refractivity contribution is 6.03. The molecule has 0 bridgehead atoms. The van der Waals surface area contributed by atoms with E-state index in [2.05, 4.69) is 348 Å². The van der Waals surface area contributed by atoms with Gasteiger partial charge in [0.05, 0.1) is 22.4 Å². The number of aromatic nitrogens is 2. The molecule has 2 aromatic heterocycles. The van der Waals surface area contributed by atoms with Crippen molar-refractivity contribution in [3.63, 3.8) is 0 Å². The van der Waals surface area contributed by atoms with Gasteiger partial charge in [0.1, 0.15) is 0 Å². The Balaban J connectivity index is 0.858. The third kappa shape index (κ3) is 9.36. The molecule has 0 atom stereocenters. The molecule has 0 amide bonds. The van der Waals surface area contributed by atoms with Crippen LogP contribution in [0.5, 0.6) is 0 Å². The summed E-state index contributed by atoms with van der Waals surface area (Å²) in [5, 5.41) is 7.15. The highest BCUT2D eigenvalue weighted by Gasteiger charge is 2.22. The van der Waals surface area contributed by atoms with E-state index < -0.39 is 0 Å². The standard InChI is InChI=1S/C80H58N4/c1-55-15-13-25-65(47-55)77-51-67-53-80-68(54-79(67)83(77)73-43-39-71(40-44-73)81(75-37-31-59-21-9-11-23-63(59)49-75)69-33-27-61(28-34-69)57-17-5-3-6-18-57)52-78(66-26-14-16-56(2)48-66)84(80)74-45-41-72(42-46-74)82(76-38-32-60-22-10-12-24-64(60)50-76)70-35-29-62(30-36-70)58-19-7-4-8-20-58/h3-54H,1-2H3. The van der Waals surface area contributed by atoms with E-state index in [9.17, 15) is 0 Å². The number of rotatable bonds is 12. The lowest BCUT2D eigenvalue weighted by molar-refractivity contribution is 1.13. The fourth-order valence-corrected chi connectivity index (χ4v) is 12.4. The van der Waals surface area contributed by atoms with Gasteiger partial charge in [0.25, 0.3) is 0 Å². The SMILES string of the molecule is Cc1cccc(-c2cc3cc4c(cc(-c5cccc(C)c5)n4-c4ccc(N(c5ccc(-c6ccccc6)cc5)c5ccc6ccccc6c5)cc4)cc3n2-c2ccc(N(c3ccc(-c4ccccc4)cc3)c3ccc4ccccc4c3)cc2)c1. The molecule has 13 aromatic carbocycles. The molecule has 0 N–H and O–H groups in total. The van der Waals surface area contributed by atoms with Gasteiger partial charge in [0, 0.05) is 56.3 Å². The summed E-state index contributed by atoms with van der Waals surface area (Å²) in [5.41, 5.74) is 22.8. The van der Waals surface area contributed by atoms with Crippen LogP contribution in [0.2, 0.25) is 0 Å². The first kappa shape index (κ1) is 50.1. The molecule has 4 nitrogen and oxygen atoms in total. The third-order valence-electron chi connectivity index (χ3n) is 16.5. The molecule has 0 aliphatic rings. The summed E-state index contributed by atoms with van der Waals surface area (Å²) in [7, 11) is 0. The van der Waals surface area contributed by atoms with Gasteiger partial charge in [-0.15, -0.1) is 0 Å². The average Bonchev–Trinajstić information content (AvgIpc) is 2.11. The van der Waals surface area contributed by atoms with Crippen LogP contribution in [0.4, 0.5) is 34.1 Å². The molecule has 0 spiro atoms. The van der Waals surface area contributed by atoms with Crippen LogP contribution in [0.3, 0.4) is 0 Å². The zero-order chi connectivity index (χ0) is 56.1. The molecule has 0 saturated heterocycles. The Morgan fingerprint density at radius 3 is 0.917 bits per heavy atom. The minimum absolute atomic E-state index is 1.07. The Kier molecular flexibility index (Phi) is 12.6. The van der Waals surface area contributed by atoms with Crippen LogP contribution in [0.1, 0.15) is 11.1 Å². The second-order valence-corrected chi connectivity index (χ2v) is 22.0. The highest BCUT2D eigenvalue weighted by atomic mass is 15.1. The molecule has 0 saturated carbocycles. The van der Waals surface area contributed by atoms with E-state index in [1.165, 1.54) is 66.1 Å². The van der Waals surface area contributed by atoms with E-state index in [0.717, 1.165) is 78.7 Å². The lowest BCUT2D eigenvalue weighted by atomic mass is 10.0. The molecule has 2 heterocycles. The second-order valence-electron chi connectivity index (χ2n) is 22.0. The van der Waals surface area contributed by atoms with Crippen molar-refractivity contribution >= 4 is 77.5 Å². The van der Waals surface area contributed by atoms with Crippen LogP contribution >= 0.6 is 0 Å². The second kappa shape index (κ2) is 21.2. The molecule has 15 aromatic rings. The number of hydrogen-bond acceptors (Lipinski definition) is 2. The smallest absolute Gasteiger partial charge is 0.0542 e. The lowest BCUT2D eigenvalue weighted by Gasteiger charge is -2.26. The van der Waals surface area contributed by atoms with Crippen molar-refractivity contribution in [3.8, 4) is 56.1 Å². The fraction of sp³-hybridized carbons (Fsp3) is 0.0250.